The van der Waals surface area contributed by atoms with Gasteiger partial charge in [-0.2, -0.15) is 0 Å². The van der Waals surface area contributed by atoms with Gasteiger partial charge in [0.2, 0.25) is 5.91 Å². The van der Waals surface area contributed by atoms with Crippen molar-refractivity contribution in [2.45, 2.75) is 35.8 Å². The first-order valence-electron chi connectivity index (χ1n) is 9.82. The van der Waals surface area contributed by atoms with E-state index < -0.39 is 17.8 Å². The number of aliphatic carboxylic acids is 1. The normalized spacial score (nSPS) is 19.0. The number of thiazole rings is 1. The number of carboxylic acids is 1. The Hall–Kier alpha value is -2.09. The first-order valence-corrected chi connectivity index (χ1v) is 12.0. The van der Waals surface area contributed by atoms with Gasteiger partial charge >= 0.3 is 5.97 Å². The summed E-state index contributed by atoms with van der Waals surface area (Å²) in [7, 11) is 0. The molecule has 1 heterocycles. The van der Waals surface area contributed by atoms with Gasteiger partial charge in [-0.3, -0.25) is 9.59 Å². The number of thioether (sulfide) groups is 1. The summed E-state index contributed by atoms with van der Waals surface area (Å²) in [6.45, 7) is 0. The zero-order chi connectivity index (χ0) is 21.1. The summed E-state index contributed by atoms with van der Waals surface area (Å²) in [4.78, 5) is 28.8. The molecule has 3 aromatic rings. The fraction of sp³-hybridized carbons (Fsp3) is 0.318. The van der Waals surface area contributed by atoms with Gasteiger partial charge in [-0.25, -0.2) is 4.98 Å². The van der Waals surface area contributed by atoms with Gasteiger partial charge in [0, 0.05) is 16.5 Å². The second-order valence-electron chi connectivity index (χ2n) is 7.37. The molecule has 0 radical (unpaired) electrons. The van der Waals surface area contributed by atoms with E-state index in [-0.39, 0.29) is 5.91 Å². The molecular formula is C22H21ClN2O3S2. The van der Waals surface area contributed by atoms with Crippen molar-refractivity contribution in [2.75, 3.05) is 5.32 Å². The van der Waals surface area contributed by atoms with E-state index >= 15 is 0 Å². The van der Waals surface area contributed by atoms with Crippen LogP contribution < -0.4 is 5.32 Å². The quantitative estimate of drug-likeness (QED) is 0.436. The number of anilines is 1. The van der Waals surface area contributed by atoms with Crippen LogP contribution in [-0.2, 0) is 15.3 Å². The number of carbonyl (C=O) groups excluding carboxylic acids is 1. The van der Waals surface area contributed by atoms with Gasteiger partial charge in [-0.05, 0) is 42.7 Å². The average molecular weight is 461 g/mol. The number of carboxylic acid groups (broad SMARTS) is 1. The molecule has 5 nitrogen and oxygen atoms in total. The number of nitrogens with one attached hydrogen (secondary N) is 1. The molecule has 1 aliphatic rings. The van der Waals surface area contributed by atoms with Gasteiger partial charge in [0.05, 0.1) is 22.1 Å². The zero-order valence-corrected chi connectivity index (χ0v) is 18.5. The van der Waals surface area contributed by atoms with E-state index in [0.717, 1.165) is 43.7 Å². The second kappa shape index (κ2) is 9.37. The summed E-state index contributed by atoms with van der Waals surface area (Å²) >= 11 is 9.42. The molecule has 1 amide bonds. The molecule has 2 aromatic carbocycles. The molecule has 0 unspecified atom stereocenters. The Morgan fingerprint density at radius 1 is 1.17 bits per heavy atom. The number of nitrogens with zero attached hydrogens (tertiary/aromatic N) is 1. The molecule has 0 bridgehead atoms. The van der Waals surface area contributed by atoms with E-state index in [9.17, 15) is 14.7 Å². The van der Waals surface area contributed by atoms with E-state index in [1.54, 1.807) is 23.1 Å². The number of aromatic nitrogens is 1. The summed E-state index contributed by atoms with van der Waals surface area (Å²) in [5.41, 5.74) is 2.62. The zero-order valence-electron chi connectivity index (χ0n) is 16.1. The molecule has 1 saturated carbocycles. The molecule has 2 atom stereocenters. The lowest BCUT2D eigenvalue weighted by molar-refractivity contribution is -0.147. The van der Waals surface area contributed by atoms with Gasteiger partial charge in [-0.1, -0.05) is 54.4 Å². The monoisotopic (exact) mass is 460 g/mol. The van der Waals surface area contributed by atoms with Crippen molar-refractivity contribution in [3.63, 3.8) is 0 Å². The third-order valence-electron chi connectivity index (χ3n) is 5.37. The fourth-order valence-electron chi connectivity index (χ4n) is 3.77. The number of carbonyl (C=O) groups is 2. The number of amides is 1. The number of fused-ring (bicyclic) bond motifs is 1. The third-order valence-corrected chi connectivity index (χ3v) is 7.94. The van der Waals surface area contributed by atoms with Gasteiger partial charge in [0.1, 0.15) is 0 Å². The molecule has 0 spiro atoms. The van der Waals surface area contributed by atoms with Crippen LogP contribution in [0.15, 0.2) is 46.8 Å². The van der Waals surface area contributed by atoms with Crippen LogP contribution in [0.3, 0.4) is 0 Å². The molecule has 8 heteroatoms. The lowest BCUT2D eigenvalue weighted by atomic mass is 9.78. The highest BCUT2D eigenvalue weighted by Crippen LogP contribution is 2.35. The summed E-state index contributed by atoms with van der Waals surface area (Å²) < 4.78 is 1.92. The van der Waals surface area contributed by atoms with Crippen molar-refractivity contribution in [1.82, 2.24) is 4.98 Å². The van der Waals surface area contributed by atoms with Crippen molar-refractivity contribution in [3.8, 4) is 0 Å². The molecule has 2 N–H and O–H groups in total. The number of halogens is 1. The Morgan fingerprint density at radius 3 is 2.70 bits per heavy atom. The van der Waals surface area contributed by atoms with Crippen LogP contribution in [-0.4, -0.2) is 22.0 Å². The highest BCUT2D eigenvalue weighted by Gasteiger charge is 2.35. The van der Waals surface area contributed by atoms with Gasteiger partial charge < -0.3 is 10.4 Å². The number of rotatable bonds is 6. The maximum atomic E-state index is 12.7. The minimum atomic E-state index is -0.882. The summed E-state index contributed by atoms with van der Waals surface area (Å²) in [5, 5.41) is 13.1. The highest BCUT2D eigenvalue weighted by molar-refractivity contribution is 8.00. The van der Waals surface area contributed by atoms with Crippen molar-refractivity contribution >= 4 is 62.5 Å². The molecule has 0 saturated heterocycles. The SMILES string of the molecule is O=C(O)[C@H]1CCCC[C@H]1C(=O)Nc1ccc2nc(SCc3ccccc3Cl)sc2c1. The minimum absolute atomic E-state index is 0.209. The van der Waals surface area contributed by atoms with Crippen molar-refractivity contribution in [2.24, 2.45) is 11.8 Å². The molecule has 1 aromatic heterocycles. The lowest BCUT2D eigenvalue weighted by Gasteiger charge is -2.27. The van der Waals surface area contributed by atoms with E-state index in [1.165, 1.54) is 0 Å². The average Bonchev–Trinajstić information content (AvgIpc) is 3.15. The van der Waals surface area contributed by atoms with E-state index in [4.69, 9.17) is 11.6 Å². The maximum Gasteiger partial charge on any atom is 0.307 e. The van der Waals surface area contributed by atoms with Crippen molar-refractivity contribution in [3.05, 3.63) is 53.1 Å². The molecule has 156 valence electrons. The van der Waals surface area contributed by atoms with E-state index in [2.05, 4.69) is 10.3 Å². The minimum Gasteiger partial charge on any atom is -0.481 e. The Kier molecular flexibility index (Phi) is 6.61. The first-order chi connectivity index (χ1) is 14.5. The van der Waals surface area contributed by atoms with Gasteiger partial charge in [0.25, 0.3) is 0 Å². The Morgan fingerprint density at radius 2 is 1.93 bits per heavy atom. The summed E-state index contributed by atoms with van der Waals surface area (Å²) in [6, 6.07) is 13.4. The molecule has 1 aliphatic carbocycles. The molecular weight excluding hydrogens is 440 g/mol. The maximum absolute atomic E-state index is 12.7. The largest absolute Gasteiger partial charge is 0.481 e. The molecule has 1 fully saturated rings. The predicted molar refractivity (Wildman–Crippen MR) is 122 cm³/mol. The van der Waals surface area contributed by atoms with Gasteiger partial charge in [0.15, 0.2) is 4.34 Å². The summed E-state index contributed by atoms with van der Waals surface area (Å²) in [6.07, 6.45) is 2.94. The Balaban J connectivity index is 1.45. The van der Waals surface area contributed by atoms with Crippen molar-refractivity contribution < 1.29 is 14.7 Å². The second-order valence-corrected chi connectivity index (χ2v) is 10.0. The van der Waals surface area contributed by atoms with Crippen LogP contribution in [0.5, 0.6) is 0 Å². The third kappa shape index (κ3) is 4.79. The summed E-state index contributed by atoms with van der Waals surface area (Å²) in [5.74, 6) is -1.43. The number of benzene rings is 2. The first kappa shape index (κ1) is 21.2. The van der Waals surface area contributed by atoms with Gasteiger partial charge in [-0.15, -0.1) is 11.3 Å². The van der Waals surface area contributed by atoms with Crippen LogP contribution >= 0.6 is 34.7 Å². The van der Waals surface area contributed by atoms with E-state index in [1.807, 2.05) is 42.5 Å². The molecule has 30 heavy (non-hydrogen) atoms. The Labute approximate surface area is 187 Å². The Bertz CT molecular complexity index is 1090. The van der Waals surface area contributed by atoms with Crippen molar-refractivity contribution in [1.29, 1.82) is 0 Å². The van der Waals surface area contributed by atoms with Crippen LogP contribution in [0.1, 0.15) is 31.2 Å². The smallest absolute Gasteiger partial charge is 0.307 e. The number of hydrogen-bond acceptors (Lipinski definition) is 5. The standard InChI is InChI=1S/C22H21ClN2O3S2/c23-17-8-4-1-5-13(17)12-29-22-25-18-10-9-14(11-19(18)30-22)24-20(26)15-6-2-3-7-16(15)21(27)28/h1,4-5,8-11,15-16H,2-3,6-7,12H2,(H,24,26)(H,27,28)/t15-,16+/m1/s1. The topological polar surface area (TPSA) is 79.3 Å². The highest BCUT2D eigenvalue weighted by atomic mass is 35.5. The van der Waals surface area contributed by atoms with Crippen LogP contribution in [0.25, 0.3) is 10.2 Å². The fourth-order valence-corrected chi connectivity index (χ4v) is 6.17. The molecule has 4 rings (SSSR count). The van der Waals surface area contributed by atoms with E-state index in [0.29, 0.717) is 18.5 Å². The van der Waals surface area contributed by atoms with Crippen LogP contribution in [0.2, 0.25) is 5.02 Å². The lowest BCUT2D eigenvalue weighted by Crippen LogP contribution is -2.36. The van der Waals surface area contributed by atoms with Crippen LogP contribution in [0, 0.1) is 11.8 Å². The number of hydrogen-bond donors (Lipinski definition) is 2. The predicted octanol–water partition coefficient (Wildman–Crippen LogP) is 6.07. The van der Waals surface area contributed by atoms with Crippen LogP contribution in [0.4, 0.5) is 5.69 Å². The molecule has 0 aliphatic heterocycles.